The van der Waals surface area contributed by atoms with Gasteiger partial charge in [0.2, 0.25) is 0 Å². The first-order valence-corrected chi connectivity index (χ1v) is 9.39. The van der Waals surface area contributed by atoms with Crippen molar-refractivity contribution in [3.63, 3.8) is 0 Å². The molecule has 1 heterocycles. The molecule has 0 fully saturated rings. The molecule has 0 aliphatic carbocycles. The topological polar surface area (TPSA) is 57.0 Å². The highest BCUT2D eigenvalue weighted by Crippen LogP contribution is 2.13. The molecule has 1 aromatic carbocycles. The highest BCUT2D eigenvalue weighted by Gasteiger charge is 2.07. The van der Waals surface area contributed by atoms with Crippen LogP contribution in [-0.4, -0.2) is 21.0 Å². The van der Waals surface area contributed by atoms with Crippen molar-refractivity contribution in [1.29, 1.82) is 0 Å². The summed E-state index contributed by atoms with van der Waals surface area (Å²) in [6.07, 6.45) is 10.5. The minimum absolute atomic E-state index is 0.156. The van der Waals surface area contributed by atoms with Gasteiger partial charge in [0.1, 0.15) is 12.3 Å². The molecule has 0 saturated carbocycles. The summed E-state index contributed by atoms with van der Waals surface area (Å²) in [5.74, 6) is -0.172. The van der Waals surface area contributed by atoms with Gasteiger partial charge in [-0.2, -0.15) is 0 Å². The van der Waals surface area contributed by atoms with E-state index in [-0.39, 0.29) is 12.6 Å². The third-order valence-electron chi connectivity index (χ3n) is 4.00. The fraction of sp³-hybridized carbons (Fsp3) is 0.526. The van der Waals surface area contributed by atoms with Gasteiger partial charge in [0.25, 0.3) is 0 Å². The molecule has 0 unspecified atom stereocenters. The number of aromatic nitrogens is 3. The Bertz CT molecular complexity index is 640. The van der Waals surface area contributed by atoms with E-state index >= 15 is 0 Å². The van der Waals surface area contributed by atoms with Crippen LogP contribution in [0.15, 0.2) is 30.5 Å². The monoisotopic (exact) mass is 363 g/mol. The highest BCUT2D eigenvalue weighted by atomic mass is 35.5. The Balaban J connectivity index is 1.64. The summed E-state index contributed by atoms with van der Waals surface area (Å²) in [5, 5.41) is 8.74. The van der Waals surface area contributed by atoms with Gasteiger partial charge in [0.05, 0.1) is 11.9 Å². The molecule has 1 aromatic heterocycles. The molecule has 0 radical (unpaired) electrons. The quantitative estimate of drug-likeness (QED) is 0.411. The average Bonchev–Trinajstić information content (AvgIpc) is 3.09. The van der Waals surface area contributed by atoms with Crippen LogP contribution in [0.3, 0.4) is 0 Å². The van der Waals surface area contributed by atoms with Crippen molar-refractivity contribution in [3.8, 4) is 5.69 Å². The number of nitrogens with zero attached hydrogens (tertiary/aromatic N) is 3. The zero-order valence-corrected chi connectivity index (χ0v) is 15.5. The van der Waals surface area contributed by atoms with E-state index in [9.17, 15) is 4.79 Å². The van der Waals surface area contributed by atoms with Crippen LogP contribution in [0.25, 0.3) is 5.69 Å². The average molecular weight is 364 g/mol. The number of hydrogen-bond donors (Lipinski definition) is 0. The summed E-state index contributed by atoms with van der Waals surface area (Å²) in [6, 6.07) is 7.29. The van der Waals surface area contributed by atoms with Gasteiger partial charge < -0.3 is 4.74 Å². The number of hydrogen-bond acceptors (Lipinski definition) is 4. The SMILES string of the molecule is CCCCCCCCCC(=O)OCc1cn(-c2ccc(Cl)cc2)nn1. The lowest BCUT2D eigenvalue weighted by atomic mass is 10.1. The van der Waals surface area contributed by atoms with Gasteiger partial charge in [-0.05, 0) is 30.7 Å². The fourth-order valence-electron chi connectivity index (χ4n) is 2.54. The summed E-state index contributed by atoms with van der Waals surface area (Å²) in [4.78, 5) is 11.8. The number of halogens is 1. The van der Waals surface area contributed by atoms with Crippen LogP contribution in [0.5, 0.6) is 0 Å². The standard InChI is InChI=1S/C19H26ClN3O2/c1-2-3-4-5-6-7-8-9-19(24)25-15-17-14-23(22-21-17)18-12-10-16(20)11-13-18/h10-14H,2-9,15H2,1H3. The van der Waals surface area contributed by atoms with Gasteiger partial charge in [-0.25, -0.2) is 4.68 Å². The molecular weight excluding hydrogens is 338 g/mol. The third-order valence-corrected chi connectivity index (χ3v) is 4.25. The van der Waals surface area contributed by atoms with Gasteiger partial charge in [0.15, 0.2) is 0 Å². The Morgan fingerprint density at radius 2 is 1.76 bits per heavy atom. The van der Waals surface area contributed by atoms with E-state index < -0.39 is 0 Å². The smallest absolute Gasteiger partial charge is 0.306 e. The lowest BCUT2D eigenvalue weighted by Gasteiger charge is -2.03. The Labute approximate surface area is 154 Å². The van der Waals surface area contributed by atoms with Crippen LogP contribution in [-0.2, 0) is 16.1 Å². The van der Waals surface area contributed by atoms with E-state index in [0.29, 0.717) is 17.1 Å². The second kappa shape index (κ2) is 10.9. The minimum Gasteiger partial charge on any atom is -0.459 e. The molecule has 6 heteroatoms. The second-order valence-corrected chi connectivity index (χ2v) is 6.60. The Morgan fingerprint density at radius 3 is 2.48 bits per heavy atom. The predicted octanol–water partition coefficient (Wildman–Crippen LogP) is 5.10. The van der Waals surface area contributed by atoms with Crippen molar-refractivity contribution in [2.75, 3.05) is 0 Å². The molecule has 0 N–H and O–H groups in total. The largest absolute Gasteiger partial charge is 0.459 e. The zero-order chi connectivity index (χ0) is 17.9. The van der Waals surface area contributed by atoms with Gasteiger partial charge in [-0.3, -0.25) is 4.79 Å². The van der Waals surface area contributed by atoms with E-state index in [2.05, 4.69) is 17.2 Å². The molecular formula is C19H26ClN3O2. The molecule has 2 rings (SSSR count). The number of esters is 1. The summed E-state index contributed by atoms with van der Waals surface area (Å²) in [5.41, 5.74) is 1.49. The molecule has 0 amide bonds. The first-order valence-electron chi connectivity index (χ1n) is 9.02. The number of rotatable bonds is 11. The lowest BCUT2D eigenvalue weighted by Crippen LogP contribution is -2.04. The predicted molar refractivity (Wildman–Crippen MR) is 98.8 cm³/mol. The van der Waals surface area contributed by atoms with Crippen molar-refractivity contribution >= 4 is 17.6 Å². The molecule has 136 valence electrons. The van der Waals surface area contributed by atoms with Gasteiger partial charge in [-0.15, -0.1) is 5.10 Å². The number of carbonyl (C=O) groups excluding carboxylic acids is 1. The molecule has 0 atom stereocenters. The molecule has 0 spiro atoms. The number of unbranched alkanes of at least 4 members (excludes halogenated alkanes) is 6. The Kier molecular flexibility index (Phi) is 8.46. The van der Waals surface area contributed by atoms with Crippen LogP contribution in [0.4, 0.5) is 0 Å². The first-order chi connectivity index (χ1) is 12.2. The summed E-state index contributed by atoms with van der Waals surface area (Å²) in [6.45, 7) is 2.37. The normalized spacial score (nSPS) is 10.8. The molecule has 0 bridgehead atoms. The van der Waals surface area contributed by atoms with Crippen LogP contribution < -0.4 is 0 Å². The van der Waals surface area contributed by atoms with E-state index in [1.807, 2.05) is 12.1 Å². The summed E-state index contributed by atoms with van der Waals surface area (Å²) >= 11 is 5.87. The van der Waals surface area contributed by atoms with E-state index in [1.165, 1.54) is 32.1 Å². The van der Waals surface area contributed by atoms with Crippen LogP contribution in [0.1, 0.15) is 64.0 Å². The molecule has 0 saturated heterocycles. The Morgan fingerprint density at radius 1 is 1.08 bits per heavy atom. The van der Waals surface area contributed by atoms with E-state index in [1.54, 1.807) is 23.0 Å². The van der Waals surface area contributed by atoms with E-state index in [4.69, 9.17) is 16.3 Å². The zero-order valence-electron chi connectivity index (χ0n) is 14.8. The number of carbonyl (C=O) groups is 1. The summed E-state index contributed by atoms with van der Waals surface area (Å²) < 4.78 is 6.90. The van der Waals surface area contributed by atoms with Gasteiger partial charge >= 0.3 is 5.97 Å². The molecule has 25 heavy (non-hydrogen) atoms. The van der Waals surface area contributed by atoms with Crippen molar-refractivity contribution in [2.24, 2.45) is 0 Å². The van der Waals surface area contributed by atoms with Crippen molar-refractivity contribution in [2.45, 2.75) is 64.9 Å². The van der Waals surface area contributed by atoms with Gasteiger partial charge in [0, 0.05) is 11.4 Å². The van der Waals surface area contributed by atoms with Crippen LogP contribution in [0.2, 0.25) is 5.02 Å². The minimum atomic E-state index is -0.172. The summed E-state index contributed by atoms with van der Waals surface area (Å²) in [7, 11) is 0. The highest BCUT2D eigenvalue weighted by molar-refractivity contribution is 6.30. The van der Waals surface area contributed by atoms with Crippen LogP contribution in [0, 0.1) is 0 Å². The van der Waals surface area contributed by atoms with Crippen molar-refractivity contribution < 1.29 is 9.53 Å². The van der Waals surface area contributed by atoms with Crippen LogP contribution >= 0.6 is 11.6 Å². The van der Waals surface area contributed by atoms with Gasteiger partial charge in [-0.1, -0.05) is 62.3 Å². The Hall–Kier alpha value is -1.88. The lowest BCUT2D eigenvalue weighted by molar-refractivity contribution is -0.145. The number of benzene rings is 1. The van der Waals surface area contributed by atoms with E-state index in [0.717, 1.165) is 18.5 Å². The fourth-order valence-corrected chi connectivity index (χ4v) is 2.66. The first kappa shape index (κ1) is 19.4. The number of ether oxygens (including phenoxy) is 1. The van der Waals surface area contributed by atoms with Crippen molar-refractivity contribution in [3.05, 3.63) is 41.2 Å². The third kappa shape index (κ3) is 7.26. The molecule has 0 aliphatic rings. The molecule has 0 aliphatic heterocycles. The molecule has 2 aromatic rings. The maximum Gasteiger partial charge on any atom is 0.306 e. The maximum absolute atomic E-state index is 11.8. The van der Waals surface area contributed by atoms with Crippen molar-refractivity contribution in [1.82, 2.24) is 15.0 Å². The second-order valence-electron chi connectivity index (χ2n) is 6.16. The molecule has 5 nitrogen and oxygen atoms in total. The maximum atomic E-state index is 11.8.